The number of allylic oxidation sites excluding steroid dienone is 2. The minimum Gasteiger partial charge on any atom is -0.397 e. The van der Waals surface area contributed by atoms with E-state index in [4.69, 9.17) is 5.73 Å². The van der Waals surface area contributed by atoms with E-state index in [1.807, 2.05) is 48.5 Å². The Balaban J connectivity index is 1.99. The predicted molar refractivity (Wildman–Crippen MR) is 82.4 cm³/mol. The molecule has 0 saturated heterocycles. The largest absolute Gasteiger partial charge is 0.397 e. The second kappa shape index (κ2) is 4.70. The van der Waals surface area contributed by atoms with E-state index in [-0.39, 0.29) is 5.78 Å². The van der Waals surface area contributed by atoms with Gasteiger partial charge in [-0.1, -0.05) is 43.0 Å². The van der Waals surface area contributed by atoms with Crippen molar-refractivity contribution in [1.29, 1.82) is 0 Å². The fraction of sp³-hybridized carbons (Fsp3) is 0. The molecular formula is C17H14N2O. The number of nitrogens with two attached hydrogens (primary N) is 1. The molecule has 0 fully saturated rings. The summed E-state index contributed by atoms with van der Waals surface area (Å²) in [6, 6.07) is 14.9. The van der Waals surface area contributed by atoms with Crippen molar-refractivity contribution in [1.82, 2.24) is 0 Å². The lowest BCUT2D eigenvalue weighted by Crippen LogP contribution is -2.13. The molecule has 0 radical (unpaired) electrons. The molecule has 0 bridgehead atoms. The summed E-state index contributed by atoms with van der Waals surface area (Å²) in [5, 5.41) is 3.19. The normalized spacial score (nSPS) is 13.7. The van der Waals surface area contributed by atoms with Gasteiger partial charge in [0.15, 0.2) is 5.78 Å². The number of carbonyl (C=O) groups excluding carboxylic acids is 1. The molecule has 3 heteroatoms. The summed E-state index contributed by atoms with van der Waals surface area (Å²) in [7, 11) is 0. The van der Waals surface area contributed by atoms with E-state index in [9.17, 15) is 4.79 Å². The molecule has 0 aromatic heterocycles. The van der Waals surface area contributed by atoms with Crippen molar-refractivity contribution < 1.29 is 4.79 Å². The number of carbonyl (C=O) groups is 1. The fourth-order valence-corrected chi connectivity index (χ4v) is 2.27. The van der Waals surface area contributed by atoms with Crippen LogP contribution in [-0.2, 0) is 0 Å². The molecule has 1 aliphatic carbocycles. The van der Waals surface area contributed by atoms with Crippen molar-refractivity contribution >= 4 is 22.7 Å². The van der Waals surface area contributed by atoms with E-state index < -0.39 is 0 Å². The molecular weight excluding hydrogens is 248 g/mol. The van der Waals surface area contributed by atoms with E-state index in [2.05, 4.69) is 11.9 Å². The fourth-order valence-electron chi connectivity index (χ4n) is 2.27. The maximum Gasteiger partial charge on any atom is 0.188 e. The van der Waals surface area contributed by atoms with Crippen LogP contribution in [0, 0.1) is 0 Å². The Bertz CT molecular complexity index is 744. The van der Waals surface area contributed by atoms with Crippen LogP contribution >= 0.6 is 0 Å². The first-order valence-electron chi connectivity index (χ1n) is 6.33. The van der Waals surface area contributed by atoms with Crippen LogP contribution < -0.4 is 11.1 Å². The van der Waals surface area contributed by atoms with Crippen molar-refractivity contribution in [2.24, 2.45) is 0 Å². The van der Waals surface area contributed by atoms with E-state index in [1.165, 1.54) is 0 Å². The third-order valence-corrected chi connectivity index (χ3v) is 3.35. The van der Waals surface area contributed by atoms with Crippen LogP contribution in [0.5, 0.6) is 0 Å². The van der Waals surface area contributed by atoms with Crippen LogP contribution in [0.15, 0.2) is 66.9 Å². The third-order valence-electron chi connectivity index (χ3n) is 3.35. The Hall–Kier alpha value is -2.81. The summed E-state index contributed by atoms with van der Waals surface area (Å²) in [6.07, 6.45) is 1.57. The summed E-state index contributed by atoms with van der Waals surface area (Å²) < 4.78 is 0. The highest BCUT2D eigenvalue weighted by atomic mass is 16.1. The number of nitrogen functional groups attached to an aromatic ring is 1. The molecule has 0 amide bonds. The van der Waals surface area contributed by atoms with Gasteiger partial charge < -0.3 is 11.1 Å². The monoisotopic (exact) mass is 262 g/mol. The highest BCUT2D eigenvalue weighted by Gasteiger charge is 2.20. The van der Waals surface area contributed by atoms with Gasteiger partial charge in [-0.25, -0.2) is 0 Å². The molecule has 3 N–H and O–H groups in total. The van der Waals surface area contributed by atoms with Crippen LogP contribution in [0.1, 0.15) is 15.9 Å². The van der Waals surface area contributed by atoms with Gasteiger partial charge in [0.05, 0.1) is 11.4 Å². The van der Waals surface area contributed by atoms with Gasteiger partial charge in [0, 0.05) is 17.3 Å². The molecule has 0 saturated carbocycles. The van der Waals surface area contributed by atoms with Crippen molar-refractivity contribution in [3.05, 3.63) is 78.0 Å². The highest BCUT2D eigenvalue weighted by molar-refractivity contribution is 6.14. The molecule has 0 spiro atoms. The lowest BCUT2D eigenvalue weighted by atomic mass is 9.90. The summed E-state index contributed by atoms with van der Waals surface area (Å²) in [6.45, 7) is 4.07. The van der Waals surface area contributed by atoms with Gasteiger partial charge in [-0.2, -0.15) is 0 Å². The Morgan fingerprint density at radius 2 is 1.60 bits per heavy atom. The molecule has 0 aliphatic heterocycles. The summed E-state index contributed by atoms with van der Waals surface area (Å²) in [4.78, 5) is 12.1. The van der Waals surface area contributed by atoms with Gasteiger partial charge >= 0.3 is 0 Å². The molecule has 0 atom stereocenters. The van der Waals surface area contributed by atoms with Gasteiger partial charge in [0.2, 0.25) is 0 Å². The number of anilines is 2. The number of fused-ring (bicyclic) bond motifs is 1. The van der Waals surface area contributed by atoms with Gasteiger partial charge in [0.1, 0.15) is 0 Å². The Morgan fingerprint density at radius 3 is 2.35 bits per heavy atom. The van der Waals surface area contributed by atoms with Crippen LogP contribution in [0.25, 0.3) is 5.57 Å². The van der Waals surface area contributed by atoms with E-state index >= 15 is 0 Å². The number of para-hydroxylation sites is 2. The average Bonchev–Trinajstić information content (AvgIpc) is 2.47. The molecule has 3 nitrogen and oxygen atoms in total. The SMILES string of the molecule is C=C1C(Nc2ccccc2N)=CC(=O)c2ccccc21. The van der Waals surface area contributed by atoms with E-state index in [1.54, 1.807) is 6.08 Å². The first kappa shape index (κ1) is 12.2. The highest BCUT2D eigenvalue weighted by Crippen LogP contribution is 2.31. The zero-order valence-corrected chi connectivity index (χ0v) is 10.9. The minimum atomic E-state index is -0.0231. The maximum absolute atomic E-state index is 12.1. The van der Waals surface area contributed by atoms with Crippen molar-refractivity contribution in [3.8, 4) is 0 Å². The molecule has 20 heavy (non-hydrogen) atoms. The quantitative estimate of drug-likeness (QED) is 0.815. The number of ketones is 1. The van der Waals surface area contributed by atoms with Crippen molar-refractivity contribution in [2.45, 2.75) is 0 Å². The Labute approximate surface area is 117 Å². The molecule has 98 valence electrons. The second-order valence-corrected chi connectivity index (χ2v) is 4.66. The van der Waals surface area contributed by atoms with E-state index in [0.717, 1.165) is 16.8 Å². The van der Waals surface area contributed by atoms with Crippen molar-refractivity contribution in [2.75, 3.05) is 11.1 Å². The van der Waals surface area contributed by atoms with E-state index in [0.29, 0.717) is 16.9 Å². The summed E-state index contributed by atoms with van der Waals surface area (Å²) >= 11 is 0. The third kappa shape index (κ3) is 1.99. The Morgan fingerprint density at radius 1 is 0.950 bits per heavy atom. The smallest absolute Gasteiger partial charge is 0.188 e. The molecule has 3 rings (SSSR count). The Kier molecular flexibility index (Phi) is 2.88. The van der Waals surface area contributed by atoms with Gasteiger partial charge in [-0.05, 0) is 23.3 Å². The lowest BCUT2D eigenvalue weighted by molar-refractivity contribution is 0.104. The molecule has 2 aromatic carbocycles. The average molecular weight is 262 g/mol. The number of rotatable bonds is 2. The van der Waals surface area contributed by atoms with Gasteiger partial charge in [-0.3, -0.25) is 4.79 Å². The number of hydrogen-bond acceptors (Lipinski definition) is 3. The molecule has 2 aromatic rings. The second-order valence-electron chi connectivity index (χ2n) is 4.66. The van der Waals surface area contributed by atoms with Gasteiger partial charge in [0.25, 0.3) is 0 Å². The summed E-state index contributed by atoms with van der Waals surface area (Å²) in [5.74, 6) is -0.0231. The number of hydrogen-bond donors (Lipinski definition) is 2. The number of benzene rings is 2. The van der Waals surface area contributed by atoms with Crippen LogP contribution in [0.4, 0.5) is 11.4 Å². The van der Waals surface area contributed by atoms with Gasteiger partial charge in [-0.15, -0.1) is 0 Å². The first-order valence-corrected chi connectivity index (χ1v) is 6.33. The van der Waals surface area contributed by atoms with Crippen LogP contribution in [-0.4, -0.2) is 5.78 Å². The zero-order chi connectivity index (χ0) is 14.1. The minimum absolute atomic E-state index is 0.0231. The molecule has 0 unspecified atom stereocenters. The topological polar surface area (TPSA) is 55.1 Å². The van der Waals surface area contributed by atoms with Crippen LogP contribution in [0.2, 0.25) is 0 Å². The van der Waals surface area contributed by atoms with Crippen LogP contribution in [0.3, 0.4) is 0 Å². The molecule has 1 aliphatic rings. The van der Waals surface area contributed by atoms with Crippen molar-refractivity contribution in [3.63, 3.8) is 0 Å². The maximum atomic E-state index is 12.1. The first-order chi connectivity index (χ1) is 9.66. The predicted octanol–water partition coefficient (Wildman–Crippen LogP) is 3.47. The zero-order valence-electron chi connectivity index (χ0n) is 10.9. The number of nitrogens with one attached hydrogen (secondary N) is 1. The molecule has 0 heterocycles. The lowest BCUT2D eigenvalue weighted by Gasteiger charge is -2.20. The summed E-state index contributed by atoms with van der Waals surface area (Å²) in [5.41, 5.74) is 10.3. The standard InChI is InChI=1S/C17H14N2O/c1-11-12-6-2-3-7-13(12)17(20)10-16(11)19-15-9-5-4-8-14(15)18/h2-10,19H,1,18H2.